The maximum absolute atomic E-state index is 12.6. The molecule has 25 heavy (non-hydrogen) atoms. The highest BCUT2D eigenvalue weighted by Gasteiger charge is 2.31. The fraction of sp³-hybridized carbons (Fsp3) is 0.316. The Morgan fingerprint density at radius 3 is 2.76 bits per heavy atom. The standard InChI is InChI=1S/C19H19NO4S/c21-18(13-24-15-4-2-1-3-5-15)20-8-11-25-19(20)14-6-7-16-17(12-14)23-10-9-22-16/h1-7,12,19H,8-11,13H2. The molecule has 2 aliphatic rings. The van der Waals surface area contributed by atoms with E-state index < -0.39 is 0 Å². The van der Waals surface area contributed by atoms with Gasteiger partial charge in [0.2, 0.25) is 0 Å². The van der Waals surface area contributed by atoms with E-state index in [0.29, 0.717) is 19.0 Å². The van der Waals surface area contributed by atoms with Crippen molar-refractivity contribution in [3.63, 3.8) is 0 Å². The second-order valence-electron chi connectivity index (χ2n) is 5.82. The van der Waals surface area contributed by atoms with Crippen molar-refractivity contribution in [2.75, 3.05) is 32.1 Å². The molecule has 1 fully saturated rings. The molecule has 4 rings (SSSR count). The number of thioether (sulfide) groups is 1. The molecule has 1 unspecified atom stereocenters. The van der Waals surface area contributed by atoms with Crippen molar-refractivity contribution in [2.45, 2.75) is 5.37 Å². The van der Waals surface area contributed by atoms with Crippen molar-refractivity contribution in [2.24, 2.45) is 0 Å². The third-order valence-corrected chi connectivity index (χ3v) is 5.43. The minimum absolute atomic E-state index is 0.00579. The van der Waals surface area contributed by atoms with Crippen LogP contribution in [-0.4, -0.2) is 42.9 Å². The van der Waals surface area contributed by atoms with Crippen LogP contribution in [0, 0.1) is 0 Å². The van der Waals surface area contributed by atoms with E-state index >= 15 is 0 Å². The quantitative estimate of drug-likeness (QED) is 0.841. The van der Waals surface area contributed by atoms with Gasteiger partial charge in [-0.05, 0) is 29.8 Å². The summed E-state index contributed by atoms with van der Waals surface area (Å²) in [5.41, 5.74) is 1.06. The van der Waals surface area contributed by atoms with E-state index in [1.165, 1.54) is 0 Å². The Kier molecular flexibility index (Phi) is 4.70. The Labute approximate surface area is 150 Å². The van der Waals surface area contributed by atoms with Gasteiger partial charge in [0.05, 0.1) is 0 Å². The number of carbonyl (C=O) groups excluding carboxylic acids is 1. The maximum Gasteiger partial charge on any atom is 0.261 e. The maximum atomic E-state index is 12.6. The minimum Gasteiger partial charge on any atom is -0.486 e. The second-order valence-corrected chi connectivity index (χ2v) is 7.00. The Morgan fingerprint density at radius 2 is 1.92 bits per heavy atom. The molecular weight excluding hydrogens is 338 g/mol. The summed E-state index contributed by atoms with van der Waals surface area (Å²) >= 11 is 1.76. The molecule has 0 spiro atoms. The number of ether oxygens (including phenoxy) is 3. The number of hydrogen-bond donors (Lipinski definition) is 0. The molecule has 5 nitrogen and oxygen atoms in total. The summed E-state index contributed by atoms with van der Waals surface area (Å²) in [7, 11) is 0. The third-order valence-electron chi connectivity index (χ3n) is 4.17. The number of benzene rings is 2. The van der Waals surface area contributed by atoms with Crippen LogP contribution in [0.15, 0.2) is 48.5 Å². The van der Waals surface area contributed by atoms with Crippen LogP contribution in [0.4, 0.5) is 0 Å². The molecule has 1 saturated heterocycles. The summed E-state index contributed by atoms with van der Waals surface area (Å²) < 4.78 is 16.8. The third kappa shape index (κ3) is 3.54. The highest BCUT2D eigenvalue weighted by molar-refractivity contribution is 7.99. The predicted molar refractivity (Wildman–Crippen MR) is 96.3 cm³/mol. The van der Waals surface area contributed by atoms with Crippen LogP contribution < -0.4 is 14.2 Å². The molecule has 6 heteroatoms. The van der Waals surface area contributed by atoms with Crippen LogP contribution >= 0.6 is 11.8 Å². The summed E-state index contributed by atoms with van der Waals surface area (Å²) in [4.78, 5) is 14.5. The first kappa shape index (κ1) is 16.1. The molecule has 2 aromatic rings. The first-order chi connectivity index (χ1) is 12.3. The highest BCUT2D eigenvalue weighted by atomic mass is 32.2. The predicted octanol–water partition coefficient (Wildman–Crippen LogP) is 3.11. The molecule has 2 aliphatic heterocycles. The minimum atomic E-state index is -0.0114. The smallest absolute Gasteiger partial charge is 0.261 e. The number of amides is 1. The van der Waals surface area contributed by atoms with Gasteiger partial charge in [-0.15, -0.1) is 11.8 Å². The zero-order valence-electron chi connectivity index (χ0n) is 13.7. The molecule has 1 atom stereocenters. The van der Waals surface area contributed by atoms with E-state index in [0.717, 1.165) is 29.4 Å². The van der Waals surface area contributed by atoms with E-state index in [1.54, 1.807) is 11.8 Å². The van der Waals surface area contributed by atoms with Crippen LogP contribution in [0.25, 0.3) is 0 Å². The molecule has 1 amide bonds. The summed E-state index contributed by atoms with van der Waals surface area (Å²) in [6.07, 6.45) is 0. The average molecular weight is 357 g/mol. The zero-order chi connectivity index (χ0) is 17.1. The number of para-hydroxylation sites is 1. The van der Waals surface area contributed by atoms with Gasteiger partial charge in [0.25, 0.3) is 5.91 Å². The molecule has 0 aromatic heterocycles. The molecule has 0 N–H and O–H groups in total. The molecule has 130 valence electrons. The van der Waals surface area contributed by atoms with Crippen molar-refractivity contribution in [1.82, 2.24) is 4.90 Å². The summed E-state index contributed by atoms with van der Waals surface area (Å²) in [6.45, 7) is 1.90. The number of nitrogens with zero attached hydrogens (tertiary/aromatic N) is 1. The average Bonchev–Trinajstić information content (AvgIpc) is 3.16. The van der Waals surface area contributed by atoms with E-state index in [-0.39, 0.29) is 17.9 Å². The van der Waals surface area contributed by atoms with Gasteiger partial charge in [-0.3, -0.25) is 4.79 Å². The lowest BCUT2D eigenvalue weighted by molar-refractivity contribution is -0.133. The molecule has 0 saturated carbocycles. The van der Waals surface area contributed by atoms with E-state index in [4.69, 9.17) is 14.2 Å². The molecule has 2 heterocycles. The Balaban J connectivity index is 1.45. The van der Waals surface area contributed by atoms with Crippen LogP contribution in [0.5, 0.6) is 17.2 Å². The van der Waals surface area contributed by atoms with Gasteiger partial charge in [-0.1, -0.05) is 24.3 Å². The first-order valence-electron chi connectivity index (χ1n) is 8.30. The summed E-state index contributed by atoms with van der Waals surface area (Å²) in [6, 6.07) is 15.3. The lowest BCUT2D eigenvalue weighted by Gasteiger charge is -2.26. The van der Waals surface area contributed by atoms with Gasteiger partial charge in [0, 0.05) is 12.3 Å². The van der Waals surface area contributed by atoms with Gasteiger partial charge < -0.3 is 19.1 Å². The Bertz CT molecular complexity index is 752. The summed E-state index contributed by atoms with van der Waals surface area (Å²) in [5.74, 6) is 3.13. The fourth-order valence-electron chi connectivity index (χ4n) is 2.96. The monoisotopic (exact) mass is 357 g/mol. The van der Waals surface area contributed by atoms with Crippen LogP contribution in [-0.2, 0) is 4.79 Å². The highest BCUT2D eigenvalue weighted by Crippen LogP contribution is 2.41. The van der Waals surface area contributed by atoms with Gasteiger partial charge in [-0.25, -0.2) is 0 Å². The van der Waals surface area contributed by atoms with E-state index in [9.17, 15) is 4.79 Å². The number of hydrogen-bond acceptors (Lipinski definition) is 5. The lowest BCUT2D eigenvalue weighted by atomic mass is 10.1. The van der Waals surface area contributed by atoms with E-state index in [1.807, 2.05) is 53.4 Å². The van der Waals surface area contributed by atoms with Crippen LogP contribution in [0.1, 0.15) is 10.9 Å². The van der Waals surface area contributed by atoms with Crippen molar-refractivity contribution in [3.05, 3.63) is 54.1 Å². The SMILES string of the molecule is O=C(COc1ccccc1)N1CCSC1c1ccc2c(c1)OCCO2. The van der Waals surface area contributed by atoms with E-state index in [2.05, 4.69) is 0 Å². The topological polar surface area (TPSA) is 48.0 Å². The lowest BCUT2D eigenvalue weighted by Crippen LogP contribution is -2.34. The number of fused-ring (bicyclic) bond motifs is 1. The van der Waals surface area contributed by atoms with Crippen molar-refractivity contribution in [3.8, 4) is 17.2 Å². The van der Waals surface area contributed by atoms with Gasteiger partial charge in [0.15, 0.2) is 18.1 Å². The number of rotatable bonds is 4. The van der Waals surface area contributed by atoms with Crippen LogP contribution in [0.2, 0.25) is 0 Å². The largest absolute Gasteiger partial charge is 0.486 e. The van der Waals surface area contributed by atoms with Gasteiger partial charge in [0.1, 0.15) is 24.3 Å². The molecule has 0 radical (unpaired) electrons. The van der Waals surface area contributed by atoms with Gasteiger partial charge >= 0.3 is 0 Å². The van der Waals surface area contributed by atoms with Crippen molar-refractivity contribution >= 4 is 17.7 Å². The summed E-state index contributed by atoms with van der Waals surface area (Å²) in [5, 5.41) is -0.0114. The molecule has 0 aliphatic carbocycles. The fourth-order valence-corrected chi connectivity index (χ4v) is 4.23. The number of carbonyl (C=O) groups is 1. The van der Waals surface area contributed by atoms with Crippen LogP contribution in [0.3, 0.4) is 0 Å². The molecule has 2 aromatic carbocycles. The molecular formula is C19H19NO4S. The normalized spacial score (nSPS) is 18.9. The second kappa shape index (κ2) is 7.27. The van der Waals surface area contributed by atoms with Crippen molar-refractivity contribution < 1.29 is 19.0 Å². The van der Waals surface area contributed by atoms with Crippen molar-refractivity contribution in [1.29, 1.82) is 0 Å². The molecule has 0 bridgehead atoms. The van der Waals surface area contributed by atoms with Gasteiger partial charge in [-0.2, -0.15) is 0 Å². The Morgan fingerprint density at radius 1 is 1.12 bits per heavy atom. The Hall–Kier alpha value is -2.34. The first-order valence-corrected chi connectivity index (χ1v) is 9.34. The zero-order valence-corrected chi connectivity index (χ0v) is 14.5.